The molecule has 4 nitrogen and oxygen atoms in total. The zero-order valence-corrected chi connectivity index (χ0v) is 12.2. The van der Waals surface area contributed by atoms with Crippen molar-refractivity contribution in [2.75, 3.05) is 11.9 Å². The van der Waals surface area contributed by atoms with E-state index in [4.69, 9.17) is 0 Å². The van der Waals surface area contributed by atoms with E-state index in [-0.39, 0.29) is 5.91 Å². The molecule has 0 atom stereocenters. The molecule has 4 heteroatoms. The summed E-state index contributed by atoms with van der Waals surface area (Å²) < 4.78 is 0. The maximum absolute atomic E-state index is 12.0. The highest BCUT2D eigenvalue weighted by Gasteiger charge is 2.24. The van der Waals surface area contributed by atoms with Crippen LogP contribution in [0.5, 0.6) is 5.75 Å². The predicted molar refractivity (Wildman–Crippen MR) is 87.9 cm³/mol. The number of amides is 1. The molecule has 0 saturated heterocycles. The lowest BCUT2D eigenvalue weighted by atomic mass is 10.1. The molecule has 112 valence electrons. The van der Waals surface area contributed by atoms with Gasteiger partial charge in [0.25, 0.3) is 5.91 Å². The molecule has 0 fully saturated rings. The number of rotatable bonds is 5. The van der Waals surface area contributed by atoms with Crippen LogP contribution in [0.3, 0.4) is 0 Å². The molecule has 1 amide bonds. The van der Waals surface area contributed by atoms with Crippen LogP contribution in [0.4, 0.5) is 5.69 Å². The van der Waals surface area contributed by atoms with Crippen molar-refractivity contribution in [2.24, 2.45) is 0 Å². The largest absolute Gasteiger partial charge is 0.508 e. The van der Waals surface area contributed by atoms with E-state index in [1.807, 2.05) is 36.4 Å². The van der Waals surface area contributed by atoms with Crippen molar-refractivity contribution < 1.29 is 9.90 Å². The number of phenols is 1. The molecule has 0 saturated carbocycles. The quantitative estimate of drug-likeness (QED) is 0.742. The van der Waals surface area contributed by atoms with Crippen molar-refractivity contribution in [3.05, 3.63) is 65.7 Å². The van der Waals surface area contributed by atoms with Gasteiger partial charge in [-0.1, -0.05) is 36.9 Å². The maximum Gasteiger partial charge on any atom is 0.258 e. The predicted octanol–water partition coefficient (Wildman–Crippen LogP) is 3.15. The van der Waals surface area contributed by atoms with Gasteiger partial charge >= 0.3 is 0 Å². The van der Waals surface area contributed by atoms with Crippen molar-refractivity contribution in [3.8, 4) is 5.75 Å². The number of carbonyl (C=O) groups excluding carboxylic acids is 1. The van der Waals surface area contributed by atoms with Gasteiger partial charge in [0.15, 0.2) is 0 Å². The maximum atomic E-state index is 12.0. The normalized spacial score (nSPS) is 12.9. The number of aromatic hydroxyl groups is 1. The van der Waals surface area contributed by atoms with Crippen LogP contribution in [0.1, 0.15) is 27.9 Å². The van der Waals surface area contributed by atoms with Gasteiger partial charge in [-0.2, -0.15) is 0 Å². The van der Waals surface area contributed by atoms with Gasteiger partial charge in [-0.25, -0.2) is 0 Å². The van der Waals surface area contributed by atoms with Crippen LogP contribution in [0, 0.1) is 0 Å². The third-order valence-electron chi connectivity index (χ3n) is 3.81. The second-order valence-electron chi connectivity index (χ2n) is 5.32. The van der Waals surface area contributed by atoms with E-state index >= 15 is 0 Å². The fourth-order valence-corrected chi connectivity index (χ4v) is 2.69. The van der Waals surface area contributed by atoms with Crippen LogP contribution >= 0.6 is 0 Å². The van der Waals surface area contributed by atoms with Crippen LogP contribution in [0.15, 0.2) is 49.0 Å². The third-order valence-corrected chi connectivity index (χ3v) is 3.81. The van der Waals surface area contributed by atoms with E-state index in [1.165, 1.54) is 0 Å². The number of fused-ring (bicyclic) bond motifs is 1. The Morgan fingerprint density at radius 2 is 1.95 bits per heavy atom. The standard InChI is InChI=1S/C18H18N2O2/c1-12-14-8-4-9-15(17(14)18(22)20-12)19-11-5-7-13-6-2-3-10-16(13)21/h2-4,6,8-10,19,21H,1,5,7,11H2,(H,20,22). The number of benzene rings is 2. The number of hydrogen-bond acceptors (Lipinski definition) is 3. The minimum atomic E-state index is -0.108. The van der Waals surface area contributed by atoms with E-state index in [2.05, 4.69) is 17.2 Å². The smallest absolute Gasteiger partial charge is 0.258 e. The minimum Gasteiger partial charge on any atom is -0.508 e. The molecular formula is C18H18N2O2. The monoisotopic (exact) mass is 294 g/mol. The van der Waals surface area contributed by atoms with E-state index in [0.717, 1.165) is 36.2 Å². The first-order chi connectivity index (χ1) is 10.7. The highest BCUT2D eigenvalue weighted by molar-refractivity contribution is 6.12. The van der Waals surface area contributed by atoms with Gasteiger partial charge in [0.1, 0.15) is 5.75 Å². The highest BCUT2D eigenvalue weighted by atomic mass is 16.3. The van der Waals surface area contributed by atoms with Crippen LogP contribution in [0.2, 0.25) is 0 Å². The third kappa shape index (κ3) is 2.68. The Hall–Kier alpha value is -2.75. The number of anilines is 1. The number of hydrogen-bond donors (Lipinski definition) is 3. The molecule has 0 radical (unpaired) electrons. The number of para-hydroxylation sites is 1. The molecule has 0 unspecified atom stereocenters. The summed E-state index contributed by atoms with van der Waals surface area (Å²) in [5, 5.41) is 15.8. The van der Waals surface area contributed by atoms with E-state index < -0.39 is 0 Å². The van der Waals surface area contributed by atoms with Crippen molar-refractivity contribution in [1.29, 1.82) is 0 Å². The molecule has 0 aromatic heterocycles. The summed E-state index contributed by atoms with van der Waals surface area (Å²) in [5.41, 5.74) is 3.93. The molecule has 0 spiro atoms. The summed E-state index contributed by atoms with van der Waals surface area (Å²) >= 11 is 0. The SMILES string of the molecule is C=C1NC(=O)c2c(NCCCc3ccccc3O)cccc21. The molecule has 3 rings (SSSR count). The highest BCUT2D eigenvalue weighted by Crippen LogP contribution is 2.29. The topological polar surface area (TPSA) is 61.4 Å². The van der Waals surface area contributed by atoms with Gasteiger partial charge in [0.05, 0.1) is 5.56 Å². The minimum absolute atomic E-state index is 0.108. The molecule has 1 aliphatic rings. The Labute approximate surface area is 129 Å². The molecule has 0 bridgehead atoms. The summed E-state index contributed by atoms with van der Waals surface area (Å²) in [4.78, 5) is 12.0. The molecular weight excluding hydrogens is 276 g/mol. The molecule has 0 aliphatic carbocycles. The van der Waals surface area contributed by atoms with Crippen LogP contribution < -0.4 is 10.6 Å². The number of carbonyl (C=O) groups is 1. The van der Waals surface area contributed by atoms with Gasteiger partial charge in [0, 0.05) is 23.5 Å². The molecule has 2 aromatic carbocycles. The first-order valence-corrected chi connectivity index (χ1v) is 7.31. The summed E-state index contributed by atoms with van der Waals surface area (Å²) in [6, 6.07) is 13.1. The Balaban J connectivity index is 1.63. The average Bonchev–Trinajstić information content (AvgIpc) is 2.81. The fraction of sp³-hybridized carbons (Fsp3) is 0.167. The zero-order valence-electron chi connectivity index (χ0n) is 12.2. The van der Waals surface area contributed by atoms with Crippen LogP contribution in [-0.4, -0.2) is 17.6 Å². The average molecular weight is 294 g/mol. The second-order valence-corrected chi connectivity index (χ2v) is 5.32. The Kier molecular flexibility index (Phi) is 3.83. The van der Waals surface area contributed by atoms with Gasteiger partial charge < -0.3 is 15.7 Å². The molecule has 1 heterocycles. The van der Waals surface area contributed by atoms with Crippen molar-refractivity contribution in [2.45, 2.75) is 12.8 Å². The lowest BCUT2D eigenvalue weighted by Gasteiger charge is -2.10. The lowest BCUT2D eigenvalue weighted by molar-refractivity contribution is 0.0982. The van der Waals surface area contributed by atoms with E-state index in [9.17, 15) is 9.90 Å². The summed E-state index contributed by atoms with van der Waals surface area (Å²) in [5.74, 6) is 0.225. The van der Waals surface area contributed by atoms with Crippen molar-refractivity contribution in [1.82, 2.24) is 5.32 Å². The molecule has 1 aliphatic heterocycles. The van der Waals surface area contributed by atoms with Gasteiger partial charge in [-0.05, 0) is 30.5 Å². The van der Waals surface area contributed by atoms with Crippen LogP contribution in [-0.2, 0) is 6.42 Å². The van der Waals surface area contributed by atoms with Crippen molar-refractivity contribution in [3.63, 3.8) is 0 Å². The summed E-state index contributed by atoms with van der Waals surface area (Å²) in [7, 11) is 0. The van der Waals surface area contributed by atoms with Crippen LogP contribution in [0.25, 0.3) is 5.70 Å². The Bertz CT molecular complexity index is 738. The van der Waals surface area contributed by atoms with E-state index in [0.29, 0.717) is 17.0 Å². The van der Waals surface area contributed by atoms with E-state index in [1.54, 1.807) is 6.07 Å². The van der Waals surface area contributed by atoms with Gasteiger partial charge in [-0.3, -0.25) is 4.79 Å². The Morgan fingerprint density at radius 1 is 1.14 bits per heavy atom. The van der Waals surface area contributed by atoms with Crippen molar-refractivity contribution >= 4 is 17.3 Å². The summed E-state index contributed by atoms with van der Waals surface area (Å²) in [6.45, 7) is 4.57. The number of aryl methyl sites for hydroxylation is 1. The first kappa shape index (κ1) is 14.2. The number of phenolic OH excluding ortho intramolecular Hbond substituents is 1. The molecule has 2 aromatic rings. The molecule has 22 heavy (non-hydrogen) atoms. The lowest BCUT2D eigenvalue weighted by Crippen LogP contribution is -2.14. The fourth-order valence-electron chi connectivity index (χ4n) is 2.69. The molecule has 3 N–H and O–H groups in total. The zero-order chi connectivity index (χ0) is 15.5. The van der Waals surface area contributed by atoms with Gasteiger partial charge in [-0.15, -0.1) is 0 Å². The first-order valence-electron chi connectivity index (χ1n) is 7.31. The summed E-state index contributed by atoms with van der Waals surface area (Å²) in [6.07, 6.45) is 1.65. The van der Waals surface area contributed by atoms with Gasteiger partial charge in [0.2, 0.25) is 0 Å². The number of nitrogens with one attached hydrogen (secondary N) is 2. The Morgan fingerprint density at radius 3 is 2.77 bits per heavy atom. The second kappa shape index (κ2) is 5.93.